The van der Waals surface area contributed by atoms with Crippen LogP contribution in [0.3, 0.4) is 0 Å². The van der Waals surface area contributed by atoms with Crippen LogP contribution in [0.1, 0.15) is 35.8 Å². The van der Waals surface area contributed by atoms with Crippen molar-refractivity contribution in [3.8, 4) is 0 Å². The summed E-state index contributed by atoms with van der Waals surface area (Å²) in [5.74, 6) is -1.54. The Morgan fingerprint density at radius 1 is 0.946 bits per heavy atom. The van der Waals surface area contributed by atoms with Gasteiger partial charge in [-0.05, 0) is 55.8 Å². The first-order valence-electron chi connectivity index (χ1n) is 12.3. The van der Waals surface area contributed by atoms with Crippen LogP contribution in [0.4, 0.5) is 13.6 Å². The maximum absolute atomic E-state index is 13.6. The number of hydrogen-bond donors (Lipinski definition) is 1. The smallest absolute Gasteiger partial charge is 0.338 e. The quantitative estimate of drug-likeness (QED) is 0.576. The summed E-state index contributed by atoms with van der Waals surface area (Å²) in [6.45, 7) is 6.25. The van der Waals surface area contributed by atoms with E-state index in [0.717, 1.165) is 0 Å². The zero-order valence-corrected chi connectivity index (χ0v) is 20.9. The Labute approximate surface area is 214 Å². The van der Waals surface area contributed by atoms with Gasteiger partial charge in [0.05, 0.1) is 18.2 Å². The summed E-state index contributed by atoms with van der Waals surface area (Å²) in [6.07, 6.45) is 0. The lowest BCUT2D eigenvalue weighted by atomic mass is 9.94. The van der Waals surface area contributed by atoms with Crippen LogP contribution in [0.2, 0.25) is 0 Å². The fourth-order valence-electron chi connectivity index (χ4n) is 4.66. The molecule has 0 unspecified atom stereocenters. The maximum atomic E-state index is 13.6. The second-order valence-electron chi connectivity index (χ2n) is 8.83. The zero-order chi connectivity index (χ0) is 26.5. The minimum Gasteiger partial charge on any atom is -0.463 e. The van der Waals surface area contributed by atoms with Crippen molar-refractivity contribution in [3.05, 3.63) is 82.6 Å². The fraction of sp³-hybridized carbons (Fsp3) is 0.370. The molecule has 2 aliphatic heterocycles. The van der Waals surface area contributed by atoms with E-state index in [9.17, 15) is 23.2 Å². The van der Waals surface area contributed by atoms with Gasteiger partial charge in [0.25, 0.3) is 5.91 Å². The highest BCUT2D eigenvalue weighted by Crippen LogP contribution is 2.32. The Morgan fingerprint density at radius 2 is 1.54 bits per heavy atom. The molecule has 196 valence electrons. The van der Waals surface area contributed by atoms with E-state index >= 15 is 0 Å². The third-order valence-corrected chi connectivity index (χ3v) is 6.58. The first-order valence-corrected chi connectivity index (χ1v) is 12.3. The summed E-state index contributed by atoms with van der Waals surface area (Å²) in [5, 5.41) is 2.86. The Morgan fingerprint density at radius 3 is 2.11 bits per heavy atom. The lowest BCUT2D eigenvalue weighted by molar-refractivity contribution is -0.139. The summed E-state index contributed by atoms with van der Waals surface area (Å²) < 4.78 is 32.2. The molecule has 37 heavy (non-hydrogen) atoms. The van der Waals surface area contributed by atoms with Gasteiger partial charge in [-0.1, -0.05) is 12.1 Å². The van der Waals surface area contributed by atoms with Gasteiger partial charge in [0.2, 0.25) is 0 Å². The molecule has 0 radical (unpaired) electrons. The number of benzene rings is 2. The largest absolute Gasteiger partial charge is 0.463 e. The average molecular weight is 513 g/mol. The van der Waals surface area contributed by atoms with Crippen LogP contribution in [-0.2, 0) is 9.53 Å². The van der Waals surface area contributed by atoms with Crippen LogP contribution in [0.5, 0.6) is 0 Å². The topological polar surface area (TPSA) is 82.2 Å². The summed E-state index contributed by atoms with van der Waals surface area (Å²) in [5.41, 5.74) is 1.82. The molecule has 1 fully saturated rings. The van der Waals surface area contributed by atoms with E-state index in [4.69, 9.17) is 4.74 Å². The first kappa shape index (κ1) is 26.3. The third kappa shape index (κ3) is 5.80. The second kappa shape index (κ2) is 11.5. The molecule has 8 nitrogen and oxygen atoms in total. The number of urea groups is 1. The number of nitrogens with zero attached hydrogens (tertiary/aromatic N) is 3. The summed E-state index contributed by atoms with van der Waals surface area (Å²) in [4.78, 5) is 44.3. The number of carbonyl (C=O) groups excluding carboxylic acids is 3. The van der Waals surface area contributed by atoms with Crippen LogP contribution >= 0.6 is 0 Å². The minimum atomic E-state index is -0.786. The van der Waals surface area contributed by atoms with Gasteiger partial charge in [0.15, 0.2) is 0 Å². The normalized spacial score (nSPS) is 18.6. The van der Waals surface area contributed by atoms with Gasteiger partial charge < -0.3 is 15.0 Å². The monoisotopic (exact) mass is 512 g/mol. The third-order valence-electron chi connectivity index (χ3n) is 6.58. The predicted octanol–water partition coefficient (Wildman–Crippen LogP) is 3.33. The molecule has 1 N–H and O–H groups in total. The van der Waals surface area contributed by atoms with Gasteiger partial charge >= 0.3 is 12.0 Å². The van der Waals surface area contributed by atoms with Crippen LogP contribution in [0, 0.1) is 11.6 Å². The van der Waals surface area contributed by atoms with Gasteiger partial charge in [0, 0.05) is 50.5 Å². The Balaban J connectivity index is 1.58. The van der Waals surface area contributed by atoms with Crippen LogP contribution in [-0.4, -0.2) is 78.5 Å². The van der Waals surface area contributed by atoms with Gasteiger partial charge in [-0.15, -0.1) is 0 Å². The second-order valence-corrected chi connectivity index (χ2v) is 8.83. The zero-order valence-electron chi connectivity index (χ0n) is 20.9. The molecule has 3 amide bonds. The van der Waals surface area contributed by atoms with Crippen molar-refractivity contribution in [1.29, 1.82) is 0 Å². The van der Waals surface area contributed by atoms with Crippen molar-refractivity contribution < 1.29 is 27.9 Å². The molecule has 4 rings (SSSR count). The average Bonchev–Trinajstić information content (AvgIpc) is 2.89. The number of rotatable bonds is 7. The molecule has 10 heteroatoms. The van der Waals surface area contributed by atoms with Crippen molar-refractivity contribution in [2.24, 2.45) is 0 Å². The molecule has 0 spiro atoms. The van der Waals surface area contributed by atoms with Crippen molar-refractivity contribution >= 4 is 17.9 Å². The number of carbonyl (C=O) groups is 3. The summed E-state index contributed by atoms with van der Waals surface area (Å²) >= 11 is 0. The Hall–Kier alpha value is -3.79. The molecule has 1 atom stereocenters. The van der Waals surface area contributed by atoms with Crippen LogP contribution in [0.25, 0.3) is 0 Å². The molecule has 2 aromatic rings. The number of hydrogen-bond acceptors (Lipinski definition) is 5. The van der Waals surface area contributed by atoms with E-state index in [2.05, 4.69) is 10.2 Å². The van der Waals surface area contributed by atoms with Crippen molar-refractivity contribution in [3.63, 3.8) is 0 Å². The molecule has 2 aromatic carbocycles. The fourth-order valence-corrected chi connectivity index (χ4v) is 4.66. The highest BCUT2D eigenvalue weighted by Gasteiger charge is 2.38. The predicted molar refractivity (Wildman–Crippen MR) is 132 cm³/mol. The summed E-state index contributed by atoms with van der Waals surface area (Å²) in [6, 6.07) is 9.97. The maximum Gasteiger partial charge on any atom is 0.338 e. The number of nitrogens with one attached hydrogen (secondary N) is 1. The number of ether oxygens (including phenoxy) is 1. The highest BCUT2D eigenvalue weighted by atomic mass is 19.1. The van der Waals surface area contributed by atoms with Gasteiger partial charge in [0.1, 0.15) is 11.6 Å². The lowest BCUT2D eigenvalue weighted by Crippen LogP contribution is -2.53. The molecule has 2 heterocycles. The molecular weight excluding hydrogens is 482 g/mol. The van der Waals surface area contributed by atoms with Gasteiger partial charge in [-0.2, -0.15) is 0 Å². The number of piperazine rings is 1. The number of halogens is 2. The SMILES string of the molecule is CCOC(=O)C1=C(CN2CCN(C(=O)c3ccc(F)cc3)CC2)N(CC)C(=O)N[C@H]1c1ccc(F)cc1. The van der Waals surface area contributed by atoms with E-state index in [-0.39, 0.29) is 18.5 Å². The Kier molecular flexibility index (Phi) is 8.17. The van der Waals surface area contributed by atoms with Gasteiger partial charge in [-0.3, -0.25) is 14.6 Å². The molecule has 0 saturated carbocycles. The van der Waals surface area contributed by atoms with Gasteiger partial charge in [-0.25, -0.2) is 18.4 Å². The van der Waals surface area contributed by atoms with Crippen LogP contribution in [0.15, 0.2) is 59.8 Å². The summed E-state index contributed by atoms with van der Waals surface area (Å²) in [7, 11) is 0. The minimum absolute atomic E-state index is 0.163. The van der Waals surface area contributed by atoms with Crippen LogP contribution < -0.4 is 5.32 Å². The van der Waals surface area contributed by atoms with Crippen molar-refractivity contribution in [1.82, 2.24) is 20.0 Å². The van der Waals surface area contributed by atoms with E-state index in [1.54, 1.807) is 24.0 Å². The number of amides is 3. The molecular formula is C27H30F2N4O4. The Bertz CT molecular complexity index is 1180. The number of likely N-dealkylation sites (N-methyl/N-ethyl adjacent to an activating group) is 1. The molecule has 0 aromatic heterocycles. The van der Waals surface area contributed by atoms with E-state index < -0.39 is 23.6 Å². The molecule has 2 aliphatic rings. The molecule has 0 aliphatic carbocycles. The van der Waals surface area contributed by atoms with Crippen molar-refractivity contribution in [2.45, 2.75) is 19.9 Å². The van der Waals surface area contributed by atoms with Crippen molar-refractivity contribution in [2.75, 3.05) is 45.9 Å². The molecule has 0 bridgehead atoms. The molecule has 1 saturated heterocycles. The standard InChI is InChI=1S/C27H30F2N4O4/c1-3-33-22(17-31-13-15-32(16-14-31)25(34)19-7-11-21(29)12-8-19)23(26(35)37-4-2)24(30-27(33)36)18-5-9-20(28)10-6-18/h5-12,24H,3-4,13-17H2,1-2H3,(H,30,36)/t24-/m0/s1. The lowest BCUT2D eigenvalue weighted by Gasteiger charge is -2.40. The first-order chi connectivity index (χ1) is 17.8. The van der Waals surface area contributed by atoms with E-state index in [0.29, 0.717) is 61.7 Å². The van der Waals surface area contributed by atoms with E-state index in [1.807, 2.05) is 6.92 Å². The van der Waals surface area contributed by atoms with E-state index in [1.165, 1.54) is 41.3 Å². The highest BCUT2D eigenvalue weighted by molar-refractivity contribution is 5.95. The number of esters is 1.